The number of nitrogens with two attached hydrogens (primary N) is 1. The van der Waals surface area contributed by atoms with E-state index >= 15 is 0 Å². The summed E-state index contributed by atoms with van der Waals surface area (Å²) in [6.45, 7) is 1.09. The summed E-state index contributed by atoms with van der Waals surface area (Å²) >= 11 is 0. The molecule has 0 saturated heterocycles. The summed E-state index contributed by atoms with van der Waals surface area (Å²) in [5.74, 6) is 4.93. The van der Waals surface area contributed by atoms with Gasteiger partial charge < -0.3 is 11.1 Å². The van der Waals surface area contributed by atoms with E-state index in [2.05, 4.69) is 10.3 Å². The molecule has 3 nitrogen and oxygen atoms in total. The summed E-state index contributed by atoms with van der Waals surface area (Å²) < 4.78 is 0. The zero-order valence-corrected chi connectivity index (χ0v) is 11.4. The van der Waals surface area contributed by atoms with Crippen LogP contribution in [0.2, 0.25) is 0 Å². The van der Waals surface area contributed by atoms with Crippen molar-refractivity contribution in [2.75, 3.05) is 17.6 Å². The molecule has 0 unspecified atom stereocenters. The smallest absolute Gasteiger partial charge is 0.0760 e. The molecule has 19 heavy (non-hydrogen) atoms. The Bertz CT molecular complexity index is 443. The fourth-order valence-corrected chi connectivity index (χ4v) is 5.15. The van der Waals surface area contributed by atoms with Crippen LogP contribution in [0.1, 0.15) is 32.1 Å². The van der Waals surface area contributed by atoms with E-state index in [0.29, 0.717) is 0 Å². The van der Waals surface area contributed by atoms with Gasteiger partial charge in [0.1, 0.15) is 0 Å². The van der Waals surface area contributed by atoms with Crippen LogP contribution in [-0.2, 0) is 0 Å². The largest absolute Gasteiger partial charge is 0.397 e. The maximum atomic E-state index is 5.98. The van der Waals surface area contributed by atoms with E-state index < -0.39 is 0 Å². The van der Waals surface area contributed by atoms with Gasteiger partial charge in [0.2, 0.25) is 0 Å². The van der Waals surface area contributed by atoms with Gasteiger partial charge in [-0.3, -0.25) is 4.98 Å². The van der Waals surface area contributed by atoms with Gasteiger partial charge >= 0.3 is 0 Å². The summed E-state index contributed by atoms with van der Waals surface area (Å²) in [4.78, 5) is 4.16. The highest BCUT2D eigenvalue weighted by molar-refractivity contribution is 5.64. The highest BCUT2D eigenvalue weighted by atomic mass is 14.9. The first-order valence-corrected chi connectivity index (χ1v) is 7.73. The van der Waals surface area contributed by atoms with E-state index in [0.717, 1.165) is 47.5 Å². The Morgan fingerprint density at radius 1 is 1.11 bits per heavy atom. The minimum Gasteiger partial charge on any atom is -0.397 e. The molecule has 0 aromatic carbocycles. The van der Waals surface area contributed by atoms with Crippen LogP contribution in [0.4, 0.5) is 11.4 Å². The second-order valence-electron chi connectivity index (χ2n) is 6.94. The second kappa shape index (κ2) is 4.39. The van der Waals surface area contributed by atoms with Crippen LogP contribution in [0.25, 0.3) is 0 Å². The van der Waals surface area contributed by atoms with Crippen molar-refractivity contribution in [1.82, 2.24) is 4.98 Å². The van der Waals surface area contributed by atoms with E-state index in [1.807, 2.05) is 12.3 Å². The van der Waals surface area contributed by atoms with Crippen LogP contribution >= 0.6 is 0 Å². The number of rotatable bonds is 3. The van der Waals surface area contributed by atoms with Gasteiger partial charge in [0.05, 0.1) is 17.6 Å². The van der Waals surface area contributed by atoms with Gasteiger partial charge in [-0.15, -0.1) is 0 Å². The van der Waals surface area contributed by atoms with Crippen molar-refractivity contribution in [2.45, 2.75) is 32.1 Å². The van der Waals surface area contributed by atoms with Crippen molar-refractivity contribution in [3.8, 4) is 0 Å². The van der Waals surface area contributed by atoms with Crippen molar-refractivity contribution >= 4 is 11.4 Å². The molecule has 1 aromatic rings. The molecule has 4 bridgehead atoms. The zero-order valence-electron chi connectivity index (χ0n) is 11.4. The second-order valence-corrected chi connectivity index (χ2v) is 6.94. The number of nitrogens with one attached hydrogen (secondary N) is 1. The SMILES string of the molecule is Nc1ccncc1NCC1C2CC3CC(C2)CC1C3. The number of aromatic nitrogens is 1. The Balaban J connectivity index is 1.45. The molecular formula is C16H23N3. The molecule has 0 amide bonds. The van der Waals surface area contributed by atoms with E-state index in [1.165, 1.54) is 32.1 Å². The number of nitrogen functional groups attached to an aromatic ring is 1. The molecule has 0 aliphatic heterocycles. The number of pyridine rings is 1. The molecule has 1 aromatic heterocycles. The van der Waals surface area contributed by atoms with E-state index in [-0.39, 0.29) is 0 Å². The van der Waals surface area contributed by atoms with Gasteiger partial charge in [-0.05, 0) is 67.8 Å². The van der Waals surface area contributed by atoms with Crippen molar-refractivity contribution in [2.24, 2.45) is 29.6 Å². The Kier molecular flexibility index (Phi) is 2.68. The lowest BCUT2D eigenvalue weighted by molar-refractivity contribution is -0.0305. The van der Waals surface area contributed by atoms with Crippen LogP contribution in [0, 0.1) is 29.6 Å². The monoisotopic (exact) mass is 257 g/mol. The van der Waals surface area contributed by atoms with Crippen molar-refractivity contribution in [3.63, 3.8) is 0 Å². The molecule has 102 valence electrons. The van der Waals surface area contributed by atoms with Gasteiger partial charge in [0.25, 0.3) is 0 Å². The topological polar surface area (TPSA) is 50.9 Å². The normalized spacial score (nSPS) is 39.5. The van der Waals surface area contributed by atoms with Crippen molar-refractivity contribution < 1.29 is 0 Å². The summed E-state index contributed by atoms with van der Waals surface area (Å²) in [7, 11) is 0. The molecule has 0 radical (unpaired) electrons. The average molecular weight is 257 g/mol. The molecule has 1 heterocycles. The summed E-state index contributed by atoms with van der Waals surface area (Å²) in [6.07, 6.45) is 11.1. The van der Waals surface area contributed by atoms with E-state index in [9.17, 15) is 0 Å². The Labute approximate surface area is 115 Å². The van der Waals surface area contributed by atoms with E-state index in [1.54, 1.807) is 6.20 Å². The molecule has 4 aliphatic carbocycles. The van der Waals surface area contributed by atoms with Crippen LogP contribution in [0.3, 0.4) is 0 Å². The highest BCUT2D eigenvalue weighted by Crippen LogP contribution is 2.56. The van der Waals surface area contributed by atoms with Crippen molar-refractivity contribution in [1.29, 1.82) is 0 Å². The van der Waals surface area contributed by atoms with Gasteiger partial charge in [-0.25, -0.2) is 0 Å². The van der Waals surface area contributed by atoms with Gasteiger partial charge in [0.15, 0.2) is 0 Å². The third kappa shape index (κ3) is 1.99. The molecule has 0 spiro atoms. The van der Waals surface area contributed by atoms with Crippen LogP contribution in [-0.4, -0.2) is 11.5 Å². The Morgan fingerprint density at radius 2 is 1.79 bits per heavy atom. The Hall–Kier alpha value is -1.25. The quantitative estimate of drug-likeness (QED) is 0.874. The molecule has 4 fully saturated rings. The summed E-state index contributed by atoms with van der Waals surface area (Å²) in [5, 5.41) is 3.55. The van der Waals surface area contributed by atoms with Crippen molar-refractivity contribution in [3.05, 3.63) is 18.5 Å². The first-order chi connectivity index (χ1) is 9.29. The molecule has 4 aliphatic rings. The summed E-state index contributed by atoms with van der Waals surface area (Å²) in [5.41, 5.74) is 7.81. The first kappa shape index (κ1) is 11.6. The van der Waals surface area contributed by atoms with Gasteiger partial charge in [-0.1, -0.05) is 0 Å². The molecule has 0 atom stereocenters. The fraction of sp³-hybridized carbons (Fsp3) is 0.688. The maximum Gasteiger partial charge on any atom is 0.0760 e. The molecule has 3 heteroatoms. The number of nitrogens with zero attached hydrogens (tertiary/aromatic N) is 1. The zero-order chi connectivity index (χ0) is 12.8. The molecule has 5 rings (SSSR count). The lowest BCUT2D eigenvalue weighted by Gasteiger charge is -2.54. The van der Waals surface area contributed by atoms with Gasteiger partial charge in [0, 0.05) is 12.7 Å². The van der Waals surface area contributed by atoms with Crippen LogP contribution in [0.5, 0.6) is 0 Å². The first-order valence-electron chi connectivity index (χ1n) is 7.73. The maximum absolute atomic E-state index is 5.98. The van der Waals surface area contributed by atoms with Crippen LogP contribution < -0.4 is 11.1 Å². The fourth-order valence-electron chi connectivity index (χ4n) is 5.15. The predicted molar refractivity (Wildman–Crippen MR) is 77.7 cm³/mol. The number of hydrogen-bond acceptors (Lipinski definition) is 3. The third-order valence-electron chi connectivity index (χ3n) is 5.81. The average Bonchev–Trinajstić information content (AvgIpc) is 2.39. The Morgan fingerprint density at radius 3 is 2.42 bits per heavy atom. The van der Waals surface area contributed by atoms with E-state index in [4.69, 9.17) is 5.73 Å². The minimum atomic E-state index is 0.818. The van der Waals surface area contributed by atoms with Gasteiger partial charge in [-0.2, -0.15) is 0 Å². The number of hydrogen-bond donors (Lipinski definition) is 2. The molecule has 3 N–H and O–H groups in total. The number of anilines is 2. The third-order valence-corrected chi connectivity index (χ3v) is 5.81. The standard InChI is InChI=1S/C16H23N3/c17-15-1-2-18-9-16(15)19-8-14-12-4-10-3-11(6-12)7-13(14)5-10/h1-2,9-14,19H,3-8H2,(H2,17,18). The molecular weight excluding hydrogens is 234 g/mol. The minimum absolute atomic E-state index is 0.818. The highest BCUT2D eigenvalue weighted by Gasteiger charge is 2.47. The molecule has 4 saturated carbocycles. The predicted octanol–water partition coefficient (Wildman–Crippen LogP) is 3.15. The summed E-state index contributed by atoms with van der Waals surface area (Å²) in [6, 6.07) is 1.87. The van der Waals surface area contributed by atoms with Crippen LogP contribution in [0.15, 0.2) is 18.5 Å². The lowest BCUT2D eigenvalue weighted by atomic mass is 9.52. The lowest BCUT2D eigenvalue weighted by Crippen LogP contribution is -2.47.